The molecule has 0 unspecified atom stereocenters. The molecule has 0 heterocycles. The van der Waals surface area contributed by atoms with E-state index in [0.29, 0.717) is 16.1 Å². The average molecular weight is 415 g/mol. The first-order valence-corrected chi connectivity index (χ1v) is 7.51. The number of carbonyl (C=O) groups is 1. The number of phenolic OH excluding ortho intramolecular Hbond substituents is 1. The van der Waals surface area contributed by atoms with Crippen LogP contribution in [0.2, 0.25) is 5.02 Å². The van der Waals surface area contributed by atoms with Crippen LogP contribution in [-0.2, 0) is 0 Å². The minimum absolute atomic E-state index is 0.153. The summed E-state index contributed by atoms with van der Waals surface area (Å²) in [5, 5.41) is 14.3. The van der Waals surface area contributed by atoms with Gasteiger partial charge >= 0.3 is 0 Å². The molecule has 4 nitrogen and oxygen atoms in total. The molecule has 0 aliphatic heterocycles. The number of carbonyl (C=O) groups excluding carboxylic acids is 1. The fraction of sp³-hybridized carbons (Fsp3) is 0.0667. The Morgan fingerprint density at radius 3 is 2.67 bits per heavy atom. The number of benzene rings is 2. The van der Waals surface area contributed by atoms with E-state index in [2.05, 4.69) is 33.1 Å². The molecule has 0 aliphatic carbocycles. The van der Waals surface area contributed by atoms with Crippen LogP contribution in [0, 0.1) is 10.5 Å². The number of rotatable bonds is 3. The quantitative estimate of drug-likeness (QED) is 0.457. The lowest BCUT2D eigenvalue weighted by Crippen LogP contribution is -2.17. The number of nitrogens with one attached hydrogen (secondary N) is 1. The molecule has 0 fully saturated rings. The van der Waals surface area contributed by atoms with E-state index in [1.165, 1.54) is 6.21 Å². The molecule has 0 radical (unpaired) electrons. The largest absolute Gasteiger partial charge is 0.507 e. The number of hydrazone groups is 1. The Hall–Kier alpha value is -1.60. The van der Waals surface area contributed by atoms with Crippen LogP contribution < -0.4 is 5.43 Å². The molecular formula is C15H12ClIN2O2. The second-order valence-corrected chi connectivity index (χ2v) is 6.05. The summed E-state index contributed by atoms with van der Waals surface area (Å²) in [7, 11) is 0. The number of hydrogen-bond donors (Lipinski definition) is 2. The van der Waals surface area contributed by atoms with Crippen LogP contribution in [0.15, 0.2) is 41.5 Å². The van der Waals surface area contributed by atoms with Crippen molar-refractivity contribution in [2.24, 2.45) is 5.10 Å². The second kappa shape index (κ2) is 6.91. The second-order valence-electron chi connectivity index (χ2n) is 4.37. The summed E-state index contributed by atoms with van der Waals surface area (Å²) in [4.78, 5) is 11.8. The van der Waals surface area contributed by atoms with Crippen molar-refractivity contribution >= 4 is 46.3 Å². The van der Waals surface area contributed by atoms with E-state index in [9.17, 15) is 9.90 Å². The first-order chi connectivity index (χ1) is 9.97. The molecule has 0 saturated heterocycles. The fourth-order valence-electron chi connectivity index (χ4n) is 1.69. The lowest BCUT2D eigenvalue weighted by atomic mass is 10.1. The van der Waals surface area contributed by atoms with E-state index in [1.54, 1.807) is 37.3 Å². The van der Waals surface area contributed by atoms with Crippen molar-refractivity contribution in [1.82, 2.24) is 5.43 Å². The summed E-state index contributed by atoms with van der Waals surface area (Å²) in [6.45, 7) is 1.81. The van der Waals surface area contributed by atoms with E-state index in [-0.39, 0.29) is 11.7 Å². The highest BCUT2D eigenvalue weighted by Crippen LogP contribution is 2.23. The molecular weight excluding hydrogens is 403 g/mol. The number of aryl methyl sites for hydroxylation is 1. The van der Waals surface area contributed by atoms with Crippen molar-refractivity contribution < 1.29 is 9.90 Å². The van der Waals surface area contributed by atoms with Gasteiger partial charge in [0, 0.05) is 19.7 Å². The van der Waals surface area contributed by atoms with Crippen molar-refractivity contribution in [3.8, 4) is 5.75 Å². The van der Waals surface area contributed by atoms with Crippen LogP contribution in [0.25, 0.3) is 0 Å². The van der Waals surface area contributed by atoms with Gasteiger partial charge in [-0.2, -0.15) is 5.10 Å². The molecule has 0 spiro atoms. The molecule has 0 atom stereocenters. The van der Waals surface area contributed by atoms with Crippen LogP contribution in [-0.4, -0.2) is 17.2 Å². The van der Waals surface area contributed by atoms with Crippen molar-refractivity contribution in [1.29, 1.82) is 0 Å². The Morgan fingerprint density at radius 2 is 2.00 bits per heavy atom. The molecule has 108 valence electrons. The van der Waals surface area contributed by atoms with Gasteiger partial charge < -0.3 is 5.11 Å². The molecule has 0 saturated carbocycles. The van der Waals surface area contributed by atoms with Gasteiger partial charge in [-0.15, -0.1) is 0 Å². The number of hydrogen-bond acceptors (Lipinski definition) is 3. The summed E-state index contributed by atoms with van der Waals surface area (Å²) in [6.07, 6.45) is 1.41. The summed E-state index contributed by atoms with van der Waals surface area (Å²) >= 11 is 7.91. The number of amides is 1. The normalized spacial score (nSPS) is 10.8. The maximum absolute atomic E-state index is 11.8. The highest BCUT2D eigenvalue weighted by molar-refractivity contribution is 14.1. The zero-order valence-electron chi connectivity index (χ0n) is 11.1. The minimum Gasteiger partial charge on any atom is -0.507 e. The molecule has 0 aromatic heterocycles. The molecule has 2 rings (SSSR count). The predicted molar refractivity (Wildman–Crippen MR) is 92.1 cm³/mol. The monoisotopic (exact) mass is 414 g/mol. The maximum atomic E-state index is 11.8. The molecule has 2 aromatic rings. The molecule has 1 amide bonds. The van der Waals surface area contributed by atoms with Gasteiger partial charge in [0.1, 0.15) is 5.75 Å². The lowest BCUT2D eigenvalue weighted by molar-refractivity contribution is 0.0955. The third-order valence-electron chi connectivity index (χ3n) is 2.77. The number of halogens is 2. The van der Waals surface area contributed by atoms with Crippen LogP contribution in [0.4, 0.5) is 0 Å². The topological polar surface area (TPSA) is 61.7 Å². The lowest BCUT2D eigenvalue weighted by Gasteiger charge is -2.04. The summed E-state index contributed by atoms with van der Waals surface area (Å²) < 4.78 is 0.980. The molecule has 2 aromatic carbocycles. The minimum atomic E-state index is -0.343. The Balaban J connectivity index is 2.09. The van der Waals surface area contributed by atoms with Gasteiger partial charge in [0.15, 0.2) is 0 Å². The van der Waals surface area contributed by atoms with Crippen molar-refractivity contribution in [2.75, 3.05) is 0 Å². The standard InChI is InChI=1S/C15H12ClIN2O2/c1-9-6-13(17)7-11(14(9)20)8-18-19-15(21)10-2-4-12(16)5-3-10/h2-8,20H,1H3,(H,19,21)/b18-8-. The maximum Gasteiger partial charge on any atom is 0.271 e. The van der Waals surface area contributed by atoms with Gasteiger partial charge in [0.05, 0.1) is 6.21 Å². The first-order valence-electron chi connectivity index (χ1n) is 6.05. The molecule has 0 bridgehead atoms. The van der Waals surface area contributed by atoms with Crippen LogP contribution >= 0.6 is 34.2 Å². The predicted octanol–water partition coefficient (Wildman–Crippen LogP) is 3.72. The SMILES string of the molecule is Cc1cc(I)cc(/C=N\NC(=O)c2ccc(Cl)cc2)c1O. The highest BCUT2D eigenvalue weighted by Gasteiger charge is 2.05. The zero-order chi connectivity index (χ0) is 15.4. The molecule has 0 aliphatic rings. The van der Waals surface area contributed by atoms with Crippen molar-refractivity contribution in [2.45, 2.75) is 6.92 Å². The van der Waals surface area contributed by atoms with E-state index < -0.39 is 0 Å². The summed E-state index contributed by atoms with van der Waals surface area (Å²) in [5.74, 6) is -0.190. The molecule has 2 N–H and O–H groups in total. The van der Waals surface area contributed by atoms with E-state index in [0.717, 1.165) is 9.13 Å². The Morgan fingerprint density at radius 1 is 1.33 bits per heavy atom. The van der Waals surface area contributed by atoms with Gasteiger partial charge in [-0.25, -0.2) is 5.43 Å². The average Bonchev–Trinajstić information content (AvgIpc) is 2.44. The van der Waals surface area contributed by atoms with Crippen LogP contribution in [0.3, 0.4) is 0 Å². The fourth-order valence-corrected chi connectivity index (χ4v) is 2.61. The third kappa shape index (κ3) is 4.18. The summed E-state index contributed by atoms with van der Waals surface area (Å²) in [6, 6.07) is 10.1. The smallest absolute Gasteiger partial charge is 0.271 e. The van der Waals surface area contributed by atoms with Gasteiger partial charge in [0.2, 0.25) is 0 Å². The number of nitrogens with zero attached hydrogens (tertiary/aromatic N) is 1. The van der Waals surface area contributed by atoms with Crippen LogP contribution in [0.5, 0.6) is 5.75 Å². The van der Waals surface area contributed by atoms with E-state index in [4.69, 9.17) is 11.6 Å². The van der Waals surface area contributed by atoms with Gasteiger partial charge in [-0.05, 0) is 71.5 Å². The Kier molecular flexibility index (Phi) is 5.19. The third-order valence-corrected chi connectivity index (χ3v) is 3.65. The molecule has 6 heteroatoms. The van der Waals surface area contributed by atoms with Crippen molar-refractivity contribution in [3.63, 3.8) is 0 Å². The Bertz CT molecular complexity index is 700. The first kappa shape index (κ1) is 15.8. The van der Waals surface area contributed by atoms with E-state index >= 15 is 0 Å². The van der Waals surface area contributed by atoms with Gasteiger partial charge in [0.25, 0.3) is 5.91 Å². The highest BCUT2D eigenvalue weighted by atomic mass is 127. The van der Waals surface area contributed by atoms with Gasteiger partial charge in [-0.1, -0.05) is 11.6 Å². The Labute approximate surface area is 141 Å². The van der Waals surface area contributed by atoms with Crippen molar-refractivity contribution in [3.05, 3.63) is 61.7 Å². The zero-order valence-corrected chi connectivity index (χ0v) is 14.0. The summed E-state index contributed by atoms with van der Waals surface area (Å²) in [5.41, 5.74) is 4.17. The van der Waals surface area contributed by atoms with Gasteiger partial charge in [-0.3, -0.25) is 4.79 Å². The van der Waals surface area contributed by atoms with E-state index in [1.807, 2.05) is 6.07 Å². The molecule has 21 heavy (non-hydrogen) atoms. The number of phenols is 1. The number of aromatic hydroxyl groups is 1. The van der Waals surface area contributed by atoms with Crippen LogP contribution in [0.1, 0.15) is 21.5 Å².